The SMILES string of the molecule is O=C(NCCN1CCCC1)c1cccc(Cl)n1. The fourth-order valence-electron chi connectivity index (χ4n) is 1.96. The van der Waals surface area contributed by atoms with Crippen LogP contribution in [0.15, 0.2) is 18.2 Å². The molecular formula is C12H16ClN3O. The molecule has 0 aromatic carbocycles. The topological polar surface area (TPSA) is 45.2 Å². The molecule has 1 aromatic rings. The van der Waals surface area contributed by atoms with Crippen LogP contribution in [0.2, 0.25) is 5.15 Å². The summed E-state index contributed by atoms with van der Waals surface area (Å²) < 4.78 is 0. The average molecular weight is 254 g/mol. The highest BCUT2D eigenvalue weighted by molar-refractivity contribution is 6.29. The van der Waals surface area contributed by atoms with Crippen molar-refractivity contribution in [1.82, 2.24) is 15.2 Å². The number of halogens is 1. The first kappa shape index (κ1) is 12.3. The van der Waals surface area contributed by atoms with Crippen LogP contribution in [-0.4, -0.2) is 42.0 Å². The van der Waals surface area contributed by atoms with Crippen molar-refractivity contribution in [2.45, 2.75) is 12.8 Å². The molecule has 1 aromatic heterocycles. The lowest BCUT2D eigenvalue weighted by Crippen LogP contribution is -2.33. The Morgan fingerprint density at radius 2 is 2.18 bits per heavy atom. The van der Waals surface area contributed by atoms with E-state index < -0.39 is 0 Å². The Kier molecular flexibility index (Phi) is 4.34. The summed E-state index contributed by atoms with van der Waals surface area (Å²) in [5.74, 6) is -0.160. The van der Waals surface area contributed by atoms with Crippen molar-refractivity contribution in [1.29, 1.82) is 0 Å². The zero-order chi connectivity index (χ0) is 12.1. The van der Waals surface area contributed by atoms with Crippen molar-refractivity contribution in [3.05, 3.63) is 29.0 Å². The molecule has 1 N–H and O–H groups in total. The number of carbonyl (C=O) groups excluding carboxylic acids is 1. The zero-order valence-corrected chi connectivity index (χ0v) is 10.4. The summed E-state index contributed by atoms with van der Waals surface area (Å²) in [5, 5.41) is 3.20. The van der Waals surface area contributed by atoms with Gasteiger partial charge in [-0.2, -0.15) is 0 Å². The summed E-state index contributed by atoms with van der Waals surface area (Å²) in [4.78, 5) is 18.0. The monoisotopic (exact) mass is 253 g/mol. The summed E-state index contributed by atoms with van der Waals surface area (Å²) in [5.41, 5.74) is 0.374. The molecule has 1 fully saturated rings. The molecule has 0 spiro atoms. The molecule has 92 valence electrons. The number of rotatable bonds is 4. The van der Waals surface area contributed by atoms with E-state index in [2.05, 4.69) is 15.2 Å². The van der Waals surface area contributed by atoms with Gasteiger partial charge in [-0.05, 0) is 38.1 Å². The van der Waals surface area contributed by atoms with E-state index in [0.717, 1.165) is 19.6 Å². The van der Waals surface area contributed by atoms with Crippen molar-refractivity contribution in [2.75, 3.05) is 26.2 Å². The molecule has 0 unspecified atom stereocenters. The number of nitrogens with zero attached hydrogens (tertiary/aromatic N) is 2. The summed E-state index contributed by atoms with van der Waals surface area (Å²) in [6, 6.07) is 5.05. The van der Waals surface area contributed by atoms with E-state index in [1.165, 1.54) is 12.8 Å². The highest BCUT2D eigenvalue weighted by atomic mass is 35.5. The molecule has 4 nitrogen and oxygen atoms in total. The smallest absolute Gasteiger partial charge is 0.269 e. The van der Waals surface area contributed by atoms with Crippen LogP contribution >= 0.6 is 11.6 Å². The van der Waals surface area contributed by atoms with Crippen molar-refractivity contribution in [3.8, 4) is 0 Å². The van der Waals surface area contributed by atoms with Crippen LogP contribution in [-0.2, 0) is 0 Å². The molecule has 0 radical (unpaired) electrons. The standard InChI is InChI=1S/C12H16ClN3O/c13-11-5-3-4-10(15-11)12(17)14-6-9-16-7-1-2-8-16/h3-5H,1-2,6-9H2,(H,14,17). The molecule has 1 saturated heterocycles. The Morgan fingerprint density at radius 1 is 1.41 bits per heavy atom. The predicted octanol–water partition coefficient (Wildman–Crippen LogP) is 1.56. The van der Waals surface area contributed by atoms with Gasteiger partial charge in [-0.1, -0.05) is 17.7 Å². The van der Waals surface area contributed by atoms with Gasteiger partial charge in [0.2, 0.25) is 0 Å². The number of amides is 1. The van der Waals surface area contributed by atoms with Gasteiger partial charge >= 0.3 is 0 Å². The molecule has 0 saturated carbocycles. The molecule has 1 aliphatic rings. The quantitative estimate of drug-likeness (QED) is 0.829. The van der Waals surface area contributed by atoms with E-state index in [1.54, 1.807) is 18.2 Å². The van der Waals surface area contributed by atoms with Crippen molar-refractivity contribution in [3.63, 3.8) is 0 Å². The Labute approximate surface area is 106 Å². The molecule has 5 heteroatoms. The molecule has 1 aliphatic heterocycles. The Morgan fingerprint density at radius 3 is 2.88 bits per heavy atom. The second-order valence-electron chi connectivity index (χ2n) is 4.15. The first-order valence-electron chi connectivity index (χ1n) is 5.89. The second-order valence-corrected chi connectivity index (χ2v) is 4.54. The molecule has 0 atom stereocenters. The maximum atomic E-state index is 11.7. The minimum absolute atomic E-state index is 0.160. The van der Waals surface area contributed by atoms with Gasteiger partial charge in [-0.15, -0.1) is 0 Å². The van der Waals surface area contributed by atoms with Gasteiger partial charge in [0.1, 0.15) is 10.8 Å². The lowest BCUT2D eigenvalue weighted by atomic mass is 10.3. The van der Waals surface area contributed by atoms with Crippen LogP contribution in [0.25, 0.3) is 0 Å². The third kappa shape index (κ3) is 3.68. The van der Waals surface area contributed by atoms with Gasteiger partial charge in [-0.25, -0.2) is 4.98 Å². The first-order valence-corrected chi connectivity index (χ1v) is 6.26. The van der Waals surface area contributed by atoms with Crippen molar-refractivity contribution in [2.24, 2.45) is 0 Å². The fourth-order valence-corrected chi connectivity index (χ4v) is 2.12. The third-order valence-electron chi connectivity index (χ3n) is 2.86. The Hall–Kier alpha value is -1.13. The van der Waals surface area contributed by atoms with Crippen molar-refractivity contribution >= 4 is 17.5 Å². The van der Waals surface area contributed by atoms with E-state index >= 15 is 0 Å². The molecule has 17 heavy (non-hydrogen) atoms. The lowest BCUT2D eigenvalue weighted by molar-refractivity contribution is 0.0945. The predicted molar refractivity (Wildman–Crippen MR) is 67.3 cm³/mol. The van der Waals surface area contributed by atoms with E-state index in [0.29, 0.717) is 17.4 Å². The highest BCUT2D eigenvalue weighted by Crippen LogP contribution is 2.06. The van der Waals surface area contributed by atoms with Crippen LogP contribution in [0.1, 0.15) is 23.3 Å². The molecule has 0 aliphatic carbocycles. The number of nitrogens with one attached hydrogen (secondary N) is 1. The molecule has 0 bridgehead atoms. The fraction of sp³-hybridized carbons (Fsp3) is 0.500. The number of carbonyl (C=O) groups is 1. The number of aromatic nitrogens is 1. The van der Waals surface area contributed by atoms with Crippen LogP contribution in [0.3, 0.4) is 0 Å². The summed E-state index contributed by atoms with van der Waals surface area (Å²) in [6.45, 7) is 3.86. The third-order valence-corrected chi connectivity index (χ3v) is 3.07. The summed E-state index contributed by atoms with van der Waals surface area (Å²) in [7, 11) is 0. The van der Waals surface area contributed by atoms with E-state index in [9.17, 15) is 4.79 Å². The van der Waals surface area contributed by atoms with Crippen LogP contribution in [0.4, 0.5) is 0 Å². The number of hydrogen-bond donors (Lipinski definition) is 1. The maximum absolute atomic E-state index is 11.7. The normalized spacial score (nSPS) is 16.1. The van der Waals surface area contributed by atoms with Crippen LogP contribution in [0, 0.1) is 0 Å². The van der Waals surface area contributed by atoms with Gasteiger partial charge in [0.25, 0.3) is 5.91 Å². The second kappa shape index (κ2) is 5.98. The van der Waals surface area contributed by atoms with Gasteiger partial charge in [-0.3, -0.25) is 4.79 Å². The summed E-state index contributed by atoms with van der Waals surface area (Å²) in [6.07, 6.45) is 2.54. The average Bonchev–Trinajstić information content (AvgIpc) is 2.82. The highest BCUT2D eigenvalue weighted by Gasteiger charge is 2.12. The number of hydrogen-bond acceptors (Lipinski definition) is 3. The van der Waals surface area contributed by atoms with Gasteiger partial charge in [0.15, 0.2) is 0 Å². The Bertz CT molecular complexity index is 391. The number of pyridine rings is 1. The minimum atomic E-state index is -0.160. The van der Waals surface area contributed by atoms with Crippen molar-refractivity contribution < 1.29 is 4.79 Å². The molecule has 2 rings (SSSR count). The van der Waals surface area contributed by atoms with Crippen LogP contribution < -0.4 is 5.32 Å². The molecular weight excluding hydrogens is 238 g/mol. The van der Waals surface area contributed by atoms with Crippen LogP contribution in [0.5, 0.6) is 0 Å². The first-order chi connectivity index (χ1) is 8.25. The van der Waals surface area contributed by atoms with E-state index in [4.69, 9.17) is 11.6 Å². The lowest BCUT2D eigenvalue weighted by Gasteiger charge is -2.14. The molecule has 2 heterocycles. The molecule has 1 amide bonds. The van der Waals surface area contributed by atoms with Gasteiger partial charge in [0.05, 0.1) is 0 Å². The van der Waals surface area contributed by atoms with Gasteiger partial charge in [0, 0.05) is 13.1 Å². The number of likely N-dealkylation sites (tertiary alicyclic amines) is 1. The van der Waals surface area contributed by atoms with Gasteiger partial charge < -0.3 is 10.2 Å². The van der Waals surface area contributed by atoms with E-state index in [1.807, 2.05) is 0 Å². The summed E-state index contributed by atoms with van der Waals surface area (Å²) >= 11 is 5.73. The van der Waals surface area contributed by atoms with E-state index in [-0.39, 0.29) is 5.91 Å². The minimum Gasteiger partial charge on any atom is -0.349 e. The zero-order valence-electron chi connectivity index (χ0n) is 9.66. The maximum Gasteiger partial charge on any atom is 0.269 e. The Balaban J connectivity index is 1.77. The largest absolute Gasteiger partial charge is 0.349 e.